The SMILES string of the molecule is COc1coc(C(=O)N2CC(C)Oc3cc(F)c(F)cc32)cc1=O. The number of rotatable bonds is 2. The summed E-state index contributed by atoms with van der Waals surface area (Å²) in [6.45, 7) is 1.77. The summed E-state index contributed by atoms with van der Waals surface area (Å²) in [5, 5.41) is 0. The third-order valence-electron chi connectivity index (χ3n) is 3.53. The summed E-state index contributed by atoms with van der Waals surface area (Å²) >= 11 is 0. The van der Waals surface area contributed by atoms with Gasteiger partial charge in [0.05, 0.1) is 19.3 Å². The van der Waals surface area contributed by atoms with Crippen LogP contribution < -0.4 is 19.8 Å². The normalized spacial score (nSPS) is 16.3. The molecule has 1 aliphatic heterocycles. The Labute approximate surface area is 135 Å². The molecule has 0 radical (unpaired) electrons. The minimum atomic E-state index is -1.11. The van der Waals surface area contributed by atoms with E-state index in [2.05, 4.69) is 0 Å². The average molecular weight is 337 g/mol. The lowest BCUT2D eigenvalue weighted by molar-refractivity contribution is 0.0931. The molecule has 6 nitrogen and oxygen atoms in total. The van der Waals surface area contributed by atoms with Crippen LogP contribution in [0.4, 0.5) is 14.5 Å². The number of fused-ring (bicyclic) bond motifs is 1. The van der Waals surface area contributed by atoms with E-state index in [9.17, 15) is 18.4 Å². The van der Waals surface area contributed by atoms with Crippen LogP contribution in [0.1, 0.15) is 17.5 Å². The van der Waals surface area contributed by atoms with E-state index in [0.29, 0.717) is 0 Å². The molecule has 0 aliphatic carbocycles. The van der Waals surface area contributed by atoms with Crippen LogP contribution in [0, 0.1) is 11.6 Å². The number of hydrogen-bond donors (Lipinski definition) is 0. The molecule has 2 aromatic rings. The minimum absolute atomic E-state index is 0.0388. The molecule has 24 heavy (non-hydrogen) atoms. The second kappa shape index (κ2) is 5.95. The van der Waals surface area contributed by atoms with Gasteiger partial charge in [-0.05, 0) is 6.92 Å². The monoisotopic (exact) mass is 337 g/mol. The van der Waals surface area contributed by atoms with Crippen LogP contribution in [0.5, 0.6) is 11.5 Å². The number of benzene rings is 1. The van der Waals surface area contributed by atoms with Gasteiger partial charge in [0.15, 0.2) is 17.4 Å². The molecule has 1 unspecified atom stereocenters. The Morgan fingerprint density at radius 3 is 2.67 bits per heavy atom. The third kappa shape index (κ3) is 2.70. The molecular weight excluding hydrogens is 324 g/mol. The number of carbonyl (C=O) groups excluding carboxylic acids is 1. The van der Waals surface area contributed by atoms with Crippen molar-refractivity contribution >= 4 is 11.6 Å². The van der Waals surface area contributed by atoms with Crippen LogP contribution >= 0.6 is 0 Å². The van der Waals surface area contributed by atoms with Crippen molar-refractivity contribution in [3.63, 3.8) is 0 Å². The van der Waals surface area contributed by atoms with Crippen molar-refractivity contribution in [3.05, 3.63) is 52.1 Å². The second-order valence-corrected chi connectivity index (χ2v) is 5.26. The van der Waals surface area contributed by atoms with Crippen LogP contribution in [-0.2, 0) is 0 Å². The van der Waals surface area contributed by atoms with Crippen molar-refractivity contribution in [3.8, 4) is 11.5 Å². The molecule has 8 heteroatoms. The molecule has 126 valence electrons. The highest BCUT2D eigenvalue weighted by Crippen LogP contribution is 2.36. The molecule has 2 heterocycles. The number of ether oxygens (including phenoxy) is 2. The zero-order chi connectivity index (χ0) is 17.4. The lowest BCUT2D eigenvalue weighted by atomic mass is 10.1. The Kier molecular flexibility index (Phi) is 3.96. The molecule has 0 fully saturated rings. The van der Waals surface area contributed by atoms with Gasteiger partial charge >= 0.3 is 0 Å². The zero-order valence-electron chi connectivity index (χ0n) is 12.8. The van der Waals surface area contributed by atoms with Gasteiger partial charge in [0.2, 0.25) is 11.2 Å². The van der Waals surface area contributed by atoms with Crippen molar-refractivity contribution in [1.82, 2.24) is 0 Å². The predicted octanol–water partition coefficient (Wildman–Crippen LogP) is 2.35. The van der Waals surface area contributed by atoms with Gasteiger partial charge in [-0.15, -0.1) is 0 Å². The molecule has 0 saturated carbocycles. The molecule has 1 aromatic carbocycles. The first-order valence-electron chi connectivity index (χ1n) is 7.05. The summed E-state index contributed by atoms with van der Waals surface area (Å²) in [5.41, 5.74) is -0.464. The Morgan fingerprint density at radius 1 is 1.29 bits per heavy atom. The molecule has 0 N–H and O–H groups in total. The first-order chi connectivity index (χ1) is 11.4. The molecule has 1 amide bonds. The molecule has 3 rings (SSSR count). The molecule has 0 saturated heterocycles. The van der Waals surface area contributed by atoms with Gasteiger partial charge in [-0.3, -0.25) is 14.5 Å². The molecule has 1 aliphatic rings. The number of halogens is 2. The highest BCUT2D eigenvalue weighted by molar-refractivity contribution is 6.05. The van der Waals surface area contributed by atoms with Crippen molar-refractivity contribution in [2.75, 3.05) is 18.6 Å². The minimum Gasteiger partial charge on any atom is -0.490 e. The van der Waals surface area contributed by atoms with Crippen molar-refractivity contribution < 1.29 is 27.5 Å². The van der Waals surface area contributed by atoms with Crippen LogP contribution in [0.15, 0.2) is 33.7 Å². The van der Waals surface area contributed by atoms with Gasteiger partial charge in [-0.25, -0.2) is 8.78 Å². The van der Waals surface area contributed by atoms with E-state index in [-0.39, 0.29) is 29.5 Å². The summed E-state index contributed by atoms with van der Waals surface area (Å²) in [6, 6.07) is 2.74. The van der Waals surface area contributed by atoms with Crippen LogP contribution in [-0.4, -0.2) is 25.7 Å². The van der Waals surface area contributed by atoms with Crippen LogP contribution in [0.3, 0.4) is 0 Å². The van der Waals surface area contributed by atoms with E-state index in [1.807, 2.05) is 0 Å². The van der Waals surface area contributed by atoms with Gasteiger partial charge < -0.3 is 13.9 Å². The number of anilines is 1. The molecule has 1 aromatic heterocycles. The van der Waals surface area contributed by atoms with E-state index in [1.54, 1.807) is 6.92 Å². The topological polar surface area (TPSA) is 69.0 Å². The summed E-state index contributed by atoms with van der Waals surface area (Å²) in [5.74, 6) is -3.11. The van der Waals surface area contributed by atoms with Crippen molar-refractivity contribution in [1.29, 1.82) is 0 Å². The van der Waals surface area contributed by atoms with E-state index < -0.39 is 29.1 Å². The second-order valence-electron chi connectivity index (χ2n) is 5.26. The van der Waals surface area contributed by atoms with Gasteiger partial charge in [-0.2, -0.15) is 0 Å². The maximum atomic E-state index is 13.5. The van der Waals surface area contributed by atoms with E-state index in [1.165, 1.54) is 12.0 Å². The van der Waals surface area contributed by atoms with Gasteiger partial charge in [-0.1, -0.05) is 0 Å². The van der Waals surface area contributed by atoms with Gasteiger partial charge in [0.25, 0.3) is 5.91 Å². The fourth-order valence-electron chi connectivity index (χ4n) is 2.42. The van der Waals surface area contributed by atoms with Crippen molar-refractivity contribution in [2.45, 2.75) is 13.0 Å². The Balaban J connectivity index is 2.03. The Hall–Kier alpha value is -2.90. The number of carbonyl (C=O) groups is 1. The molecule has 1 atom stereocenters. The van der Waals surface area contributed by atoms with Gasteiger partial charge in [0.1, 0.15) is 18.1 Å². The van der Waals surface area contributed by atoms with E-state index in [4.69, 9.17) is 13.9 Å². The fourth-order valence-corrected chi connectivity index (χ4v) is 2.42. The highest BCUT2D eigenvalue weighted by Gasteiger charge is 2.31. The zero-order valence-corrected chi connectivity index (χ0v) is 12.8. The van der Waals surface area contributed by atoms with E-state index in [0.717, 1.165) is 24.5 Å². The van der Waals surface area contributed by atoms with Gasteiger partial charge in [0, 0.05) is 18.2 Å². The largest absolute Gasteiger partial charge is 0.490 e. The lowest BCUT2D eigenvalue weighted by Gasteiger charge is -2.33. The smallest absolute Gasteiger partial charge is 0.294 e. The molecule has 0 bridgehead atoms. The number of methoxy groups -OCH3 is 1. The molecular formula is C16H13F2NO5. The first-order valence-corrected chi connectivity index (χ1v) is 7.05. The average Bonchev–Trinajstić information content (AvgIpc) is 2.55. The number of hydrogen-bond acceptors (Lipinski definition) is 5. The Bertz CT molecular complexity index is 864. The highest BCUT2D eigenvalue weighted by atomic mass is 19.2. The summed E-state index contributed by atoms with van der Waals surface area (Å²) in [6.07, 6.45) is 0.572. The van der Waals surface area contributed by atoms with Crippen LogP contribution in [0.25, 0.3) is 0 Å². The number of nitrogens with zero attached hydrogens (tertiary/aromatic N) is 1. The fraction of sp³-hybridized carbons (Fsp3) is 0.250. The lowest BCUT2D eigenvalue weighted by Crippen LogP contribution is -2.42. The van der Waals surface area contributed by atoms with Crippen LogP contribution in [0.2, 0.25) is 0 Å². The summed E-state index contributed by atoms with van der Waals surface area (Å²) < 4.78 is 42.3. The third-order valence-corrected chi connectivity index (χ3v) is 3.53. The number of amides is 1. The summed E-state index contributed by atoms with van der Waals surface area (Å²) in [4.78, 5) is 25.6. The maximum Gasteiger partial charge on any atom is 0.294 e. The maximum absolute atomic E-state index is 13.5. The van der Waals surface area contributed by atoms with Crippen molar-refractivity contribution in [2.24, 2.45) is 0 Å². The standard InChI is InChI=1S/C16H13F2NO5/c1-8-6-19(11-3-9(17)10(18)4-13(11)24-8)16(21)14-5-12(20)15(22-2)7-23-14/h3-5,7-8H,6H2,1-2H3. The molecule has 0 spiro atoms. The predicted molar refractivity (Wildman–Crippen MR) is 79.7 cm³/mol. The van der Waals surface area contributed by atoms with E-state index >= 15 is 0 Å². The Morgan fingerprint density at radius 2 is 2.00 bits per heavy atom. The first kappa shape index (κ1) is 16.0. The summed E-state index contributed by atoms with van der Waals surface area (Å²) in [7, 11) is 1.30. The quantitative estimate of drug-likeness (QED) is 0.841.